The fourth-order valence-electron chi connectivity index (χ4n) is 13.0. The molecule has 0 bridgehead atoms. The maximum Gasteiger partial charge on any atom is 0.408 e. The lowest BCUT2D eigenvalue weighted by Gasteiger charge is -2.47. The number of nitrogens with zero attached hydrogens (tertiary/aromatic N) is 2. The number of ether oxygens (including phenoxy) is 7. The van der Waals surface area contributed by atoms with Gasteiger partial charge in [0.1, 0.15) is 61.5 Å². The summed E-state index contributed by atoms with van der Waals surface area (Å²) in [7, 11) is -1.85. The summed E-state index contributed by atoms with van der Waals surface area (Å²) in [5.41, 5.74) is 0.791. The first kappa shape index (κ1) is 81.4. The molecule has 2 aliphatic heterocycles. The first-order chi connectivity index (χ1) is 45.9. The number of alkyl carbamates (subject to hydrolysis) is 2. The Labute approximate surface area is 574 Å². The molecule has 0 aliphatic carbocycles. The number of esters is 3. The number of halogens is 5. The average Bonchev–Trinajstić information content (AvgIpc) is 1.18. The Kier molecular flexibility index (Phi) is 30.1. The van der Waals surface area contributed by atoms with Crippen LogP contribution in [0.1, 0.15) is 166 Å². The van der Waals surface area contributed by atoms with Crippen LogP contribution >= 0.6 is 0 Å². The molecule has 1 fully saturated rings. The molecule has 2 heterocycles. The molecule has 2 aliphatic rings. The molecular formula is C71H102F5N5O16Si. The monoisotopic (exact) mass is 1400 g/mol. The van der Waals surface area contributed by atoms with Crippen LogP contribution < -0.4 is 20.7 Å². The van der Waals surface area contributed by atoms with E-state index < -0.39 is 182 Å². The highest BCUT2D eigenvalue weighted by Gasteiger charge is 2.51. The van der Waals surface area contributed by atoms with Crippen molar-refractivity contribution in [3.05, 3.63) is 100 Å². The number of rotatable bonds is 32. The zero-order valence-corrected chi connectivity index (χ0v) is 60.8. The van der Waals surface area contributed by atoms with Gasteiger partial charge in [0.25, 0.3) is 0 Å². The standard InChI is InChI=1S/C71H102F5N5O16Si/c1-19-43(12)59(52(97-98(40(6)7,41(8)9)42(10)11)34-53(82)94-61(39(4)5)62(92-37-90-18)44(13)67(86)95-63-57(75)55(73)54(72)56(74)58(63)76)78-64(83)60(79-70(89)96-71(15,16)17)45(14)93-68(87)51-33-47-28-23-24-29-48(47)35-81(51)66(85)50-30-25-31-80(50)65(84)49(32-38(2)3)77-69(88)91-36-46-26-21-20-22-27-46/h20-24,26-29,38-45,49-52,59-62H,19,25,30-37H2,1-18H3,(H,77,88)(H,78,83)(H,79,89)/t43-,44-,45+,49-,50-,51-,52-,59+,60-,61-,62-/m0/s1. The van der Waals surface area contributed by atoms with Gasteiger partial charge in [0.2, 0.25) is 60.9 Å². The summed E-state index contributed by atoms with van der Waals surface area (Å²) in [6.07, 6.45) is -6.94. The van der Waals surface area contributed by atoms with Crippen molar-refractivity contribution in [2.75, 3.05) is 20.4 Å². The van der Waals surface area contributed by atoms with Crippen molar-refractivity contribution < 1.29 is 97.9 Å². The van der Waals surface area contributed by atoms with E-state index in [1.54, 1.807) is 71.0 Å². The van der Waals surface area contributed by atoms with Crippen molar-refractivity contribution in [2.45, 2.75) is 246 Å². The molecule has 0 spiro atoms. The number of likely N-dealkylation sites (tertiary alicyclic amines) is 1. The third kappa shape index (κ3) is 20.9. The van der Waals surface area contributed by atoms with E-state index in [9.17, 15) is 45.9 Å². The topological polar surface area (TPSA) is 253 Å². The number of hydrogen-bond acceptors (Lipinski definition) is 16. The second-order valence-electron chi connectivity index (χ2n) is 28.2. The molecule has 0 aromatic heterocycles. The Bertz CT molecular complexity index is 3180. The highest BCUT2D eigenvalue weighted by Crippen LogP contribution is 2.45. The number of amides is 5. The highest BCUT2D eigenvalue weighted by molar-refractivity contribution is 6.77. The van der Waals surface area contributed by atoms with Crippen molar-refractivity contribution in [3.8, 4) is 5.75 Å². The number of benzene rings is 3. The van der Waals surface area contributed by atoms with Gasteiger partial charge in [-0.15, -0.1) is 0 Å². The zero-order chi connectivity index (χ0) is 73.4. The average molecular weight is 1400 g/mol. The minimum atomic E-state index is -3.09. The number of fused-ring (bicyclic) bond motifs is 1. The van der Waals surface area contributed by atoms with Gasteiger partial charge < -0.3 is 63.3 Å². The van der Waals surface area contributed by atoms with Crippen molar-refractivity contribution in [1.82, 2.24) is 25.8 Å². The predicted molar refractivity (Wildman–Crippen MR) is 355 cm³/mol. The normalized spacial score (nSPS) is 17.8. The Morgan fingerprint density at radius 2 is 1.27 bits per heavy atom. The van der Waals surface area contributed by atoms with Gasteiger partial charge in [-0.2, -0.15) is 8.78 Å². The van der Waals surface area contributed by atoms with Gasteiger partial charge in [0, 0.05) is 26.6 Å². The second-order valence-corrected chi connectivity index (χ2v) is 33.6. The lowest BCUT2D eigenvalue weighted by Crippen LogP contribution is -2.62. The van der Waals surface area contributed by atoms with Crippen LogP contribution in [0.3, 0.4) is 0 Å². The minimum absolute atomic E-state index is 0.0357. The van der Waals surface area contributed by atoms with Crippen molar-refractivity contribution in [3.63, 3.8) is 0 Å². The molecule has 5 amide bonds. The Morgan fingerprint density at radius 1 is 0.684 bits per heavy atom. The van der Waals surface area contributed by atoms with Crippen LogP contribution in [0.15, 0.2) is 54.6 Å². The van der Waals surface area contributed by atoms with Crippen LogP contribution in [0.5, 0.6) is 5.75 Å². The van der Waals surface area contributed by atoms with Crippen molar-refractivity contribution in [2.24, 2.45) is 23.7 Å². The van der Waals surface area contributed by atoms with Crippen LogP contribution in [0, 0.1) is 52.8 Å². The molecule has 27 heteroatoms. The Hall–Kier alpha value is -7.23. The van der Waals surface area contributed by atoms with Gasteiger partial charge in [-0.25, -0.2) is 27.6 Å². The van der Waals surface area contributed by atoms with E-state index in [-0.39, 0.29) is 61.5 Å². The van der Waals surface area contributed by atoms with E-state index in [4.69, 9.17) is 37.6 Å². The second kappa shape index (κ2) is 36.2. The summed E-state index contributed by atoms with van der Waals surface area (Å²) in [4.78, 5) is 119. The highest BCUT2D eigenvalue weighted by atomic mass is 28.4. The predicted octanol–water partition coefficient (Wildman–Crippen LogP) is 12.1. The fraction of sp³-hybridized carbons (Fsp3) is 0.634. The molecule has 11 atom stereocenters. The maximum atomic E-state index is 15.5. The minimum Gasteiger partial charge on any atom is -0.459 e. The number of hydrogen-bond donors (Lipinski definition) is 3. The summed E-state index contributed by atoms with van der Waals surface area (Å²) in [5, 5.41) is 8.41. The molecule has 5 rings (SSSR count). The molecule has 3 aromatic rings. The molecule has 1 saturated heterocycles. The van der Waals surface area contributed by atoms with Gasteiger partial charge in [0.05, 0.1) is 24.5 Å². The molecule has 0 saturated carbocycles. The zero-order valence-electron chi connectivity index (χ0n) is 59.8. The van der Waals surface area contributed by atoms with E-state index in [1.807, 2.05) is 87.4 Å². The first-order valence-corrected chi connectivity index (χ1v) is 35.9. The van der Waals surface area contributed by atoms with Gasteiger partial charge in [-0.1, -0.05) is 144 Å². The van der Waals surface area contributed by atoms with Crippen LogP contribution in [0.4, 0.5) is 31.5 Å². The summed E-state index contributed by atoms with van der Waals surface area (Å²) >= 11 is 0. The molecule has 0 radical (unpaired) electrons. The van der Waals surface area contributed by atoms with Crippen LogP contribution in [-0.4, -0.2) is 147 Å². The van der Waals surface area contributed by atoms with Crippen LogP contribution in [-0.2, 0) is 81.2 Å². The SMILES string of the molecule is CC[C@H](C)[C@@H](NC(=O)[C@@H](NC(=O)OC(C)(C)C)[C@@H](C)OC(=O)[C@@H]1Cc2ccccc2CN1C(=O)[C@@H]1CCCN1C(=O)[C@H](CC(C)C)NC(=O)OCc1ccccc1)[C@H](CC(=O)O[C@@H](C(C)C)[C@@H](OCOC)[C@H](C)C(=O)Oc1c(F)c(F)c(F)c(F)c1F)O[Si](C(C)C)(C(C)C)C(C)C. The van der Waals surface area contributed by atoms with Gasteiger partial charge in [0.15, 0.2) is 0 Å². The molecule has 3 aromatic carbocycles. The van der Waals surface area contributed by atoms with Crippen molar-refractivity contribution >= 4 is 56.1 Å². The largest absolute Gasteiger partial charge is 0.459 e. The van der Waals surface area contributed by atoms with E-state index in [2.05, 4.69) is 16.0 Å². The third-order valence-corrected chi connectivity index (χ3v) is 24.2. The summed E-state index contributed by atoms with van der Waals surface area (Å²) in [6.45, 7) is 29.6. The number of carbonyl (C=O) groups is 8. The fourth-order valence-corrected chi connectivity index (χ4v) is 18.6. The van der Waals surface area contributed by atoms with Crippen molar-refractivity contribution in [1.29, 1.82) is 0 Å². The maximum absolute atomic E-state index is 15.5. The smallest absolute Gasteiger partial charge is 0.408 e. The van der Waals surface area contributed by atoms with E-state index in [0.29, 0.717) is 12.8 Å². The molecule has 21 nitrogen and oxygen atoms in total. The third-order valence-electron chi connectivity index (χ3n) is 18.1. The number of methoxy groups -OCH3 is 1. The summed E-state index contributed by atoms with van der Waals surface area (Å²) < 4.78 is 119. The molecule has 546 valence electrons. The summed E-state index contributed by atoms with van der Waals surface area (Å²) in [6, 6.07) is 9.98. The van der Waals surface area contributed by atoms with Crippen LogP contribution in [0.25, 0.3) is 0 Å². The number of carbonyl (C=O) groups excluding carboxylic acids is 8. The van der Waals surface area contributed by atoms with E-state index in [0.717, 1.165) is 16.7 Å². The molecular weight excluding hydrogens is 1300 g/mol. The summed E-state index contributed by atoms with van der Waals surface area (Å²) in [5.74, 6) is -22.2. The first-order valence-electron chi connectivity index (χ1n) is 33.8. The Morgan fingerprint density at radius 3 is 1.82 bits per heavy atom. The van der Waals surface area contributed by atoms with Gasteiger partial charge in [-0.3, -0.25) is 24.0 Å². The Balaban J connectivity index is 1.52. The van der Waals surface area contributed by atoms with E-state index in [1.165, 1.54) is 30.8 Å². The molecule has 0 unspecified atom stereocenters. The van der Waals surface area contributed by atoms with Gasteiger partial charge >= 0.3 is 30.1 Å². The molecule has 98 heavy (non-hydrogen) atoms. The number of nitrogens with one attached hydrogen (secondary N) is 3. The van der Waals surface area contributed by atoms with Crippen LogP contribution in [0.2, 0.25) is 16.6 Å². The lowest BCUT2D eigenvalue weighted by atomic mass is 9.91. The lowest BCUT2D eigenvalue weighted by molar-refractivity contribution is -0.185. The van der Waals surface area contributed by atoms with E-state index >= 15 is 14.4 Å². The quantitative estimate of drug-likeness (QED) is 0.00768. The van der Waals surface area contributed by atoms with Gasteiger partial charge in [-0.05, 0) is 105 Å². The molecule has 3 N–H and O–H groups in total.